The van der Waals surface area contributed by atoms with Crippen molar-refractivity contribution in [3.8, 4) is 11.5 Å². The fourth-order valence-electron chi connectivity index (χ4n) is 1.49. The number of carbonyl (C=O) groups is 1. The van der Waals surface area contributed by atoms with E-state index in [1.165, 1.54) is 18.3 Å². The van der Waals surface area contributed by atoms with Crippen LogP contribution in [-0.2, 0) is 4.79 Å². The normalized spacial score (nSPS) is 10.3. The SMILES string of the molecule is COc1ccc(OC)c2sc(NC(C)=O)nc12. The number of anilines is 1. The molecule has 0 radical (unpaired) electrons. The third-order valence-electron chi connectivity index (χ3n) is 2.19. The predicted octanol–water partition coefficient (Wildman–Crippen LogP) is 2.27. The Bertz CT molecular complexity index is 524. The van der Waals surface area contributed by atoms with Crippen LogP contribution in [0.15, 0.2) is 12.1 Å². The van der Waals surface area contributed by atoms with Gasteiger partial charge in [0.25, 0.3) is 0 Å². The zero-order chi connectivity index (χ0) is 12.4. The van der Waals surface area contributed by atoms with Crippen molar-refractivity contribution in [3.63, 3.8) is 0 Å². The Morgan fingerprint density at radius 2 is 1.94 bits per heavy atom. The molecule has 17 heavy (non-hydrogen) atoms. The lowest BCUT2D eigenvalue weighted by Gasteiger charge is -2.03. The van der Waals surface area contributed by atoms with Crippen LogP contribution in [0.5, 0.6) is 11.5 Å². The number of hydrogen-bond acceptors (Lipinski definition) is 5. The van der Waals surface area contributed by atoms with Gasteiger partial charge in [-0.15, -0.1) is 0 Å². The van der Waals surface area contributed by atoms with Crippen LogP contribution in [0.2, 0.25) is 0 Å². The molecule has 90 valence electrons. The first-order valence-electron chi connectivity index (χ1n) is 4.95. The summed E-state index contributed by atoms with van der Waals surface area (Å²) in [6.45, 7) is 1.44. The number of nitrogens with one attached hydrogen (secondary N) is 1. The van der Waals surface area contributed by atoms with Crippen LogP contribution >= 0.6 is 11.3 Å². The van der Waals surface area contributed by atoms with Crippen LogP contribution in [0, 0.1) is 0 Å². The summed E-state index contributed by atoms with van der Waals surface area (Å²) >= 11 is 1.36. The Hall–Kier alpha value is -1.82. The van der Waals surface area contributed by atoms with Crippen LogP contribution in [0.25, 0.3) is 10.2 Å². The third-order valence-corrected chi connectivity index (χ3v) is 3.18. The fourth-order valence-corrected chi connectivity index (χ4v) is 2.51. The summed E-state index contributed by atoms with van der Waals surface area (Å²) in [5.41, 5.74) is 0.695. The molecule has 0 fully saturated rings. The van der Waals surface area contributed by atoms with E-state index >= 15 is 0 Å². The molecule has 0 saturated carbocycles. The number of benzene rings is 1. The smallest absolute Gasteiger partial charge is 0.223 e. The van der Waals surface area contributed by atoms with E-state index in [1.807, 2.05) is 6.07 Å². The van der Waals surface area contributed by atoms with Gasteiger partial charge in [-0.25, -0.2) is 4.98 Å². The molecule has 1 N–H and O–H groups in total. The molecule has 1 aromatic carbocycles. The van der Waals surface area contributed by atoms with Crippen molar-refractivity contribution in [1.29, 1.82) is 0 Å². The molecule has 1 amide bonds. The molecule has 6 heteroatoms. The van der Waals surface area contributed by atoms with Crippen molar-refractivity contribution in [1.82, 2.24) is 4.98 Å². The van der Waals surface area contributed by atoms with E-state index in [0.29, 0.717) is 16.4 Å². The molecule has 0 saturated heterocycles. The van der Waals surface area contributed by atoms with E-state index in [2.05, 4.69) is 10.3 Å². The van der Waals surface area contributed by atoms with Gasteiger partial charge in [-0.3, -0.25) is 4.79 Å². The minimum Gasteiger partial charge on any atom is -0.495 e. The molecule has 0 aliphatic rings. The Labute approximate surface area is 102 Å². The van der Waals surface area contributed by atoms with Crippen molar-refractivity contribution in [2.24, 2.45) is 0 Å². The highest BCUT2D eigenvalue weighted by atomic mass is 32.1. The minimum atomic E-state index is -0.151. The minimum absolute atomic E-state index is 0.151. The molecule has 0 aliphatic heterocycles. The van der Waals surface area contributed by atoms with Gasteiger partial charge in [0.1, 0.15) is 21.7 Å². The van der Waals surface area contributed by atoms with Crippen LogP contribution in [0.1, 0.15) is 6.92 Å². The van der Waals surface area contributed by atoms with Gasteiger partial charge in [0, 0.05) is 6.92 Å². The molecular weight excluding hydrogens is 240 g/mol. The highest BCUT2D eigenvalue weighted by Crippen LogP contribution is 2.38. The van der Waals surface area contributed by atoms with Crippen molar-refractivity contribution >= 4 is 32.6 Å². The molecule has 0 bridgehead atoms. The summed E-state index contributed by atoms with van der Waals surface area (Å²) in [5, 5.41) is 3.19. The third kappa shape index (κ3) is 2.16. The van der Waals surface area contributed by atoms with Crippen LogP contribution in [-0.4, -0.2) is 25.1 Å². The number of rotatable bonds is 3. The van der Waals surface area contributed by atoms with Gasteiger partial charge in [0.05, 0.1) is 14.2 Å². The number of nitrogens with zero attached hydrogens (tertiary/aromatic N) is 1. The number of hydrogen-bond donors (Lipinski definition) is 1. The Morgan fingerprint density at radius 1 is 1.29 bits per heavy atom. The molecule has 2 rings (SSSR count). The van der Waals surface area contributed by atoms with Gasteiger partial charge < -0.3 is 14.8 Å². The number of amides is 1. The van der Waals surface area contributed by atoms with Crippen molar-refractivity contribution in [2.75, 3.05) is 19.5 Å². The highest BCUT2D eigenvalue weighted by molar-refractivity contribution is 7.22. The van der Waals surface area contributed by atoms with Crippen molar-refractivity contribution in [3.05, 3.63) is 12.1 Å². The zero-order valence-electron chi connectivity index (χ0n) is 9.73. The van der Waals surface area contributed by atoms with Gasteiger partial charge in [0.2, 0.25) is 5.91 Å². The maximum atomic E-state index is 11.0. The number of carbonyl (C=O) groups excluding carboxylic acids is 1. The Balaban J connectivity index is 2.59. The summed E-state index contributed by atoms with van der Waals surface area (Å²) in [6, 6.07) is 3.61. The summed E-state index contributed by atoms with van der Waals surface area (Å²) in [5.74, 6) is 1.23. The molecule has 5 nitrogen and oxygen atoms in total. The van der Waals surface area contributed by atoms with E-state index in [9.17, 15) is 4.79 Å². The maximum absolute atomic E-state index is 11.0. The molecular formula is C11H12N2O3S. The van der Waals surface area contributed by atoms with E-state index in [0.717, 1.165) is 10.4 Å². The Morgan fingerprint density at radius 3 is 2.53 bits per heavy atom. The summed E-state index contributed by atoms with van der Waals surface area (Å²) < 4.78 is 11.3. The second-order valence-electron chi connectivity index (χ2n) is 3.35. The van der Waals surface area contributed by atoms with Crippen LogP contribution in [0.4, 0.5) is 5.13 Å². The molecule has 1 heterocycles. The summed E-state index contributed by atoms with van der Waals surface area (Å²) in [4.78, 5) is 15.3. The van der Waals surface area contributed by atoms with Crippen molar-refractivity contribution < 1.29 is 14.3 Å². The second kappa shape index (κ2) is 4.58. The van der Waals surface area contributed by atoms with Gasteiger partial charge in [-0.1, -0.05) is 11.3 Å². The molecule has 2 aromatic rings. The zero-order valence-corrected chi connectivity index (χ0v) is 10.6. The first kappa shape index (κ1) is 11.7. The lowest BCUT2D eigenvalue weighted by Crippen LogP contribution is -2.04. The molecule has 0 atom stereocenters. The van der Waals surface area contributed by atoms with Gasteiger partial charge >= 0.3 is 0 Å². The average Bonchev–Trinajstić information content (AvgIpc) is 2.69. The number of methoxy groups -OCH3 is 2. The predicted molar refractivity (Wildman–Crippen MR) is 67.0 cm³/mol. The standard InChI is InChI=1S/C11H12N2O3S/c1-6(14)12-11-13-9-7(15-2)4-5-8(16-3)10(9)17-11/h4-5H,1-3H3,(H,12,13,14). The average molecular weight is 252 g/mol. The Kier molecular flexibility index (Phi) is 3.14. The van der Waals surface area contributed by atoms with Crippen LogP contribution in [0.3, 0.4) is 0 Å². The van der Waals surface area contributed by atoms with Gasteiger partial charge in [0.15, 0.2) is 5.13 Å². The number of thiazole rings is 1. The highest BCUT2D eigenvalue weighted by Gasteiger charge is 2.13. The summed E-state index contributed by atoms with van der Waals surface area (Å²) in [6.07, 6.45) is 0. The lowest BCUT2D eigenvalue weighted by molar-refractivity contribution is -0.114. The fraction of sp³-hybridized carbons (Fsp3) is 0.273. The number of ether oxygens (including phenoxy) is 2. The quantitative estimate of drug-likeness (QED) is 0.910. The summed E-state index contributed by atoms with van der Waals surface area (Å²) in [7, 11) is 3.18. The van der Waals surface area contributed by atoms with E-state index in [4.69, 9.17) is 9.47 Å². The van der Waals surface area contributed by atoms with E-state index in [-0.39, 0.29) is 5.91 Å². The first-order valence-corrected chi connectivity index (χ1v) is 5.76. The van der Waals surface area contributed by atoms with Crippen molar-refractivity contribution in [2.45, 2.75) is 6.92 Å². The van der Waals surface area contributed by atoms with Crippen LogP contribution < -0.4 is 14.8 Å². The second-order valence-corrected chi connectivity index (χ2v) is 4.35. The molecule has 1 aromatic heterocycles. The lowest BCUT2D eigenvalue weighted by atomic mass is 10.3. The topological polar surface area (TPSA) is 60.5 Å². The van der Waals surface area contributed by atoms with Gasteiger partial charge in [-0.2, -0.15) is 0 Å². The van der Waals surface area contributed by atoms with Gasteiger partial charge in [-0.05, 0) is 12.1 Å². The van der Waals surface area contributed by atoms with E-state index < -0.39 is 0 Å². The number of fused-ring (bicyclic) bond motifs is 1. The maximum Gasteiger partial charge on any atom is 0.223 e. The first-order chi connectivity index (χ1) is 8.15. The monoisotopic (exact) mass is 252 g/mol. The number of aromatic nitrogens is 1. The largest absolute Gasteiger partial charge is 0.495 e. The molecule has 0 spiro atoms. The molecule has 0 aliphatic carbocycles. The molecule has 0 unspecified atom stereocenters. The van der Waals surface area contributed by atoms with E-state index in [1.54, 1.807) is 20.3 Å².